The van der Waals surface area contributed by atoms with Crippen LogP contribution in [0.1, 0.15) is 23.7 Å². The third-order valence-corrected chi connectivity index (χ3v) is 5.02. The highest BCUT2D eigenvalue weighted by Gasteiger charge is 2.34. The Kier molecular flexibility index (Phi) is 6.62. The van der Waals surface area contributed by atoms with Crippen LogP contribution in [0.2, 0.25) is 0 Å². The predicted molar refractivity (Wildman–Crippen MR) is 118 cm³/mol. The highest BCUT2D eigenvalue weighted by atomic mass is 19.4. The molecule has 0 aliphatic rings. The highest BCUT2D eigenvalue weighted by molar-refractivity contribution is 5.92. The summed E-state index contributed by atoms with van der Waals surface area (Å²) in [4.78, 5) is 12.7. The third-order valence-electron chi connectivity index (χ3n) is 5.02. The molecule has 11 heteroatoms. The predicted octanol–water partition coefficient (Wildman–Crippen LogP) is 7.01. The molecule has 0 bridgehead atoms. The van der Waals surface area contributed by atoms with Crippen molar-refractivity contribution in [1.29, 1.82) is 0 Å². The molecular formula is C24H18F6N4O. The lowest BCUT2D eigenvalue weighted by atomic mass is 10.1. The Morgan fingerprint density at radius 3 is 2.29 bits per heavy atom. The molecule has 182 valence electrons. The minimum Gasteiger partial charge on any atom is -0.375 e. The number of ether oxygens (including phenoxy) is 1. The SMILES string of the molecule is CCOCc1cc2nc(-c3ncccc3C(F)(F)F)ccc2c(Nc2ccc(C(F)(F)F)cc2)n1. The van der Waals surface area contributed by atoms with Gasteiger partial charge in [-0.3, -0.25) is 4.98 Å². The first kappa shape index (κ1) is 24.4. The van der Waals surface area contributed by atoms with Gasteiger partial charge >= 0.3 is 12.4 Å². The van der Waals surface area contributed by atoms with E-state index in [1.807, 2.05) is 0 Å². The van der Waals surface area contributed by atoms with Crippen molar-refractivity contribution in [3.63, 3.8) is 0 Å². The highest BCUT2D eigenvalue weighted by Crippen LogP contribution is 2.36. The lowest BCUT2D eigenvalue weighted by Gasteiger charge is -2.14. The van der Waals surface area contributed by atoms with Crippen molar-refractivity contribution >= 4 is 22.4 Å². The van der Waals surface area contributed by atoms with Crippen LogP contribution in [-0.4, -0.2) is 21.6 Å². The molecule has 0 spiro atoms. The average molecular weight is 492 g/mol. The Bertz CT molecular complexity index is 1340. The van der Waals surface area contributed by atoms with Crippen LogP contribution in [-0.2, 0) is 23.7 Å². The average Bonchev–Trinajstić information content (AvgIpc) is 2.81. The van der Waals surface area contributed by atoms with E-state index in [1.165, 1.54) is 36.5 Å². The lowest BCUT2D eigenvalue weighted by Crippen LogP contribution is -2.09. The molecule has 3 heterocycles. The Balaban J connectivity index is 1.78. The summed E-state index contributed by atoms with van der Waals surface area (Å²) in [6, 6.07) is 11.0. The van der Waals surface area contributed by atoms with Gasteiger partial charge in [-0.25, -0.2) is 9.97 Å². The first-order valence-electron chi connectivity index (χ1n) is 10.4. The first-order valence-corrected chi connectivity index (χ1v) is 10.4. The van der Waals surface area contributed by atoms with E-state index in [0.717, 1.165) is 18.2 Å². The third kappa shape index (κ3) is 5.51. The molecule has 0 saturated heterocycles. The number of aromatic nitrogens is 3. The van der Waals surface area contributed by atoms with Crippen LogP contribution >= 0.6 is 0 Å². The second-order valence-electron chi connectivity index (χ2n) is 7.46. The van der Waals surface area contributed by atoms with Gasteiger partial charge in [-0.1, -0.05) is 0 Å². The van der Waals surface area contributed by atoms with Crippen molar-refractivity contribution in [1.82, 2.24) is 15.0 Å². The normalized spacial score (nSPS) is 12.2. The van der Waals surface area contributed by atoms with Crippen molar-refractivity contribution in [2.75, 3.05) is 11.9 Å². The van der Waals surface area contributed by atoms with Gasteiger partial charge in [0.2, 0.25) is 0 Å². The van der Waals surface area contributed by atoms with Gasteiger partial charge in [-0.05, 0) is 61.5 Å². The monoisotopic (exact) mass is 492 g/mol. The van der Waals surface area contributed by atoms with E-state index in [4.69, 9.17) is 4.74 Å². The first-order chi connectivity index (χ1) is 16.6. The van der Waals surface area contributed by atoms with E-state index < -0.39 is 23.5 Å². The van der Waals surface area contributed by atoms with Crippen LogP contribution in [0.4, 0.5) is 37.8 Å². The van der Waals surface area contributed by atoms with E-state index in [0.29, 0.717) is 28.9 Å². The zero-order valence-corrected chi connectivity index (χ0v) is 18.2. The van der Waals surface area contributed by atoms with E-state index in [-0.39, 0.29) is 23.8 Å². The minimum absolute atomic E-state index is 0.0134. The van der Waals surface area contributed by atoms with Crippen LogP contribution in [0.3, 0.4) is 0 Å². The number of alkyl halides is 6. The standard InChI is InChI=1S/C24H18F6N4O/c1-2-35-13-16-12-20-17(22(33-16)32-15-7-5-14(6-8-15)23(25,26)27)9-10-19(34-20)21-18(24(28,29)30)4-3-11-31-21/h3-12H,2,13H2,1H3,(H,32,33). The van der Waals surface area contributed by atoms with Gasteiger partial charge in [0.1, 0.15) is 11.5 Å². The van der Waals surface area contributed by atoms with Crippen LogP contribution < -0.4 is 5.32 Å². The summed E-state index contributed by atoms with van der Waals surface area (Å²) in [5.74, 6) is 0.271. The summed E-state index contributed by atoms with van der Waals surface area (Å²) in [5, 5.41) is 3.42. The van der Waals surface area contributed by atoms with Crippen LogP contribution in [0.25, 0.3) is 22.3 Å². The summed E-state index contributed by atoms with van der Waals surface area (Å²) >= 11 is 0. The molecule has 0 atom stereocenters. The number of fused-ring (bicyclic) bond motifs is 1. The molecule has 0 unspecified atom stereocenters. The second-order valence-corrected chi connectivity index (χ2v) is 7.46. The summed E-state index contributed by atoms with van der Waals surface area (Å²) in [6.45, 7) is 2.30. The Morgan fingerprint density at radius 2 is 1.63 bits per heavy atom. The molecule has 0 fully saturated rings. The molecule has 1 aromatic carbocycles. The number of nitrogens with zero attached hydrogens (tertiary/aromatic N) is 3. The molecule has 0 amide bonds. The number of anilines is 2. The maximum Gasteiger partial charge on any atom is 0.418 e. The van der Waals surface area contributed by atoms with Crippen molar-refractivity contribution in [3.8, 4) is 11.4 Å². The van der Waals surface area contributed by atoms with E-state index in [2.05, 4.69) is 20.3 Å². The maximum atomic E-state index is 13.5. The Labute approximate surface area is 195 Å². The molecular weight excluding hydrogens is 474 g/mol. The summed E-state index contributed by atoms with van der Waals surface area (Å²) in [6.07, 6.45) is -7.84. The molecule has 35 heavy (non-hydrogen) atoms. The van der Waals surface area contributed by atoms with Crippen molar-refractivity contribution < 1.29 is 31.1 Å². The number of rotatable bonds is 6. The Morgan fingerprint density at radius 1 is 0.886 bits per heavy atom. The van der Waals surface area contributed by atoms with Crippen molar-refractivity contribution in [3.05, 3.63) is 77.6 Å². The molecule has 5 nitrogen and oxygen atoms in total. The van der Waals surface area contributed by atoms with Crippen LogP contribution in [0, 0.1) is 0 Å². The van der Waals surface area contributed by atoms with Crippen molar-refractivity contribution in [2.45, 2.75) is 25.9 Å². The van der Waals surface area contributed by atoms with E-state index in [1.54, 1.807) is 13.0 Å². The van der Waals surface area contributed by atoms with Crippen LogP contribution in [0.5, 0.6) is 0 Å². The fraction of sp³-hybridized carbons (Fsp3) is 0.208. The van der Waals surface area contributed by atoms with Crippen molar-refractivity contribution in [2.24, 2.45) is 0 Å². The van der Waals surface area contributed by atoms with Gasteiger partial charge in [-0.2, -0.15) is 26.3 Å². The molecule has 3 aromatic heterocycles. The van der Waals surface area contributed by atoms with E-state index in [9.17, 15) is 26.3 Å². The number of hydrogen-bond donors (Lipinski definition) is 1. The fourth-order valence-electron chi connectivity index (χ4n) is 3.40. The molecule has 4 rings (SSSR count). The topological polar surface area (TPSA) is 59.9 Å². The fourth-order valence-corrected chi connectivity index (χ4v) is 3.40. The summed E-state index contributed by atoms with van der Waals surface area (Å²) in [7, 11) is 0. The van der Waals surface area contributed by atoms with Gasteiger partial charge in [0.25, 0.3) is 0 Å². The number of pyridine rings is 3. The number of halogens is 6. The summed E-state index contributed by atoms with van der Waals surface area (Å²) in [5.41, 5.74) is -0.919. The van der Waals surface area contributed by atoms with Gasteiger partial charge < -0.3 is 10.1 Å². The number of benzene rings is 1. The van der Waals surface area contributed by atoms with Gasteiger partial charge in [0.05, 0.1) is 34.6 Å². The smallest absolute Gasteiger partial charge is 0.375 e. The molecule has 0 saturated carbocycles. The lowest BCUT2D eigenvalue weighted by molar-refractivity contribution is -0.138. The minimum atomic E-state index is -4.62. The molecule has 0 aliphatic heterocycles. The largest absolute Gasteiger partial charge is 0.418 e. The summed E-state index contributed by atoms with van der Waals surface area (Å²) < 4.78 is 84.5. The molecule has 0 radical (unpaired) electrons. The van der Waals surface area contributed by atoms with Gasteiger partial charge in [-0.15, -0.1) is 0 Å². The molecule has 4 aromatic rings. The quantitative estimate of drug-likeness (QED) is 0.294. The molecule has 1 N–H and O–H groups in total. The number of nitrogens with one attached hydrogen (secondary N) is 1. The zero-order valence-electron chi connectivity index (χ0n) is 18.2. The second kappa shape index (κ2) is 9.49. The van der Waals surface area contributed by atoms with Gasteiger partial charge in [0, 0.05) is 23.9 Å². The molecule has 0 aliphatic carbocycles. The van der Waals surface area contributed by atoms with E-state index >= 15 is 0 Å². The number of hydrogen-bond acceptors (Lipinski definition) is 5. The van der Waals surface area contributed by atoms with Gasteiger partial charge in [0.15, 0.2) is 0 Å². The zero-order chi connectivity index (χ0) is 25.2. The van der Waals surface area contributed by atoms with Crippen LogP contribution in [0.15, 0.2) is 60.8 Å². The maximum absolute atomic E-state index is 13.5. The Hall–Kier alpha value is -3.73.